The van der Waals surface area contributed by atoms with E-state index in [0.717, 1.165) is 22.6 Å². The highest BCUT2D eigenvalue weighted by Crippen LogP contribution is 2.30. The monoisotopic (exact) mass is 595 g/mol. The molecule has 1 aliphatic heterocycles. The highest BCUT2D eigenvalue weighted by atomic mass is 32.2. The maximum Gasteiger partial charge on any atom is 0.233 e. The third-order valence-corrected chi connectivity index (χ3v) is 8.86. The van der Waals surface area contributed by atoms with E-state index in [0.29, 0.717) is 6.61 Å². The van der Waals surface area contributed by atoms with Gasteiger partial charge in [0.15, 0.2) is 0 Å². The number of carbonyl (C=O) groups excluding carboxylic acids is 1. The third-order valence-electron chi connectivity index (χ3n) is 7.48. The highest BCUT2D eigenvalue weighted by molar-refractivity contribution is 7.84. The predicted molar refractivity (Wildman–Crippen MR) is 176 cm³/mol. The van der Waals surface area contributed by atoms with Crippen LogP contribution in [0.4, 0.5) is 0 Å². The summed E-state index contributed by atoms with van der Waals surface area (Å²) in [5.41, 5.74) is 9.46. The summed E-state index contributed by atoms with van der Waals surface area (Å²) in [7, 11) is -1.35. The molecular formula is C37H41NO4S. The van der Waals surface area contributed by atoms with Crippen molar-refractivity contribution in [2.75, 3.05) is 0 Å². The molecule has 4 aromatic rings. The van der Waals surface area contributed by atoms with Crippen LogP contribution in [0.2, 0.25) is 0 Å². The quantitative estimate of drug-likeness (QED) is 0.207. The van der Waals surface area contributed by atoms with Crippen molar-refractivity contribution in [2.24, 2.45) is 0 Å². The van der Waals surface area contributed by atoms with Crippen LogP contribution in [0.15, 0.2) is 103 Å². The molecule has 1 saturated heterocycles. The fourth-order valence-electron chi connectivity index (χ4n) is 5.08. The van der Waals surface area contributed by atoms with Crippen LogP contribution < -0.4 is 9.46 Å². The van der Waals surface area contributed by atoms with Crippen molar-refractivity contribution < 1.29 is 18.5 Å². The number of hydrogen-bond acceptors (Lipinski definition) is 4. The minimum Gasteiger partial charge on any atom is -0.491 e. The van der Waals surface area contributed by atoms with Crippen LogP contribution in [0.3, 0.4) is 0 Å². The molecule has 1 fully saturated rings. The number of nitrogens with one attached hydrogen (secondary N) is 1. The molecule has 1 N–H and O–H groups in total. The molecule has 4 aromatic carbocycles. The molecule has 5 nitrogen and oxygen atoms in total. The van der Waals surface area contributed by atoms with Gasteiger partial charge in [-0.3, -0.25) is 9.52 Å². The van der Waals surface area contributed by atoms with Crippen molar-refractivity contribution in [3.05, 3.63) is 136 Å². The van der Waals surface area contributed by atoms with Crippen molar-refractivity contribution in [3.8, 4) is 16.9 Å². The molecule has 43 heavy (non-hydrogen) atoms. The number of carbonyl (C=O) groups is 1. The van der Waals surface area contributed by atoms with E-state index in [1.54, 1.807) is 0 Å². The molecule has 1 heterocycles. The number of benzene rings is 4. The molecule has 0 radical (unpaired) electrons. The predicted octanol–water partition coefficient (Wildman–Crippen LogP) is 8.77. The van der Waals surface area contributed by atoms with Gasteiger partial charge in [0.05, 0.1) is 11.0 Å². The second-order valence-electron chi connectivity index (χ2n) is 10.9. The van der Waals surface area contributed by atoms with Crippen molar-refractivity contribution >= 4 is 16.9 Å². The molecule has 5 rings (SSSR count). The number of rotatable bonds is 8. The molecule has 3 unspecified atom stereocenters. The molecule has 6 heteroatoms. The Labute approximate surface area is 258 Å². The van der Waals surface area contributed by atoms with Gasteiger partial charge in [-0.25, -0.2) is 4.21 Å². The van der Waals surface area contributed by atoms with E-state index in [9.17, 15) is 9.00 Å². The van der Waals surface area contributed by atoms with E-state index in [1.807, 2.05) is 44.2 Å². The zero-order chi connectivity index (χ0) is 30.9. The number of allylic oxidation sites excluding steroid dienone is 2. The molecule has 224 valence electrons. The summed E-state index contributed by atoms with van der Waals surface area (Å²) in [6.07, 6.45) is 2.37. The smallest absolute Gasteiger partial charge is 0.233 e. The first-order valence-corrected chi connectivity index (χ1v) is 15.8. The van der Waals surface area contributed by atoms with E-state index in [2.05, 4.69) is 99.1 Å². The summed E-state index contributed by atoms with van der Waals surface area (Å²) in [6.45, 7) is 12.9. The van der Waals surface area contributed by atoms with Crippen molar-refractivity contribution in [1.82, 2.24) is 4.72 Å². The van der Waals surface area contributed by atoms with Gasteiger partial charge in [0.25, 0.3) is 0 Å². The lowest BCUT2D eigenvalue weighted by Gasteiger charge is -2.15. The lowest BCUT2D eigenvalue weighted by Crippen LogP contribution is -2.15. The average Bonchev–Trinajstić information content (AvgIpc) is 3.34. The summed E-state index contributed by atoms with van der Waals surface area (Å²) in [5, 5.41) is -0.286. The van der Waals surface area contributed by atoms with Crippen LogP contribution >= 0.6 is 0 Å². The molecule has 1 amide bonds. The number of aryl methyl sites for hydroxylation is 3. The minimum absolute atomic E-state index is 0.131. The maximum absolute atomic E-state index is 11.9. The van der Waals surface area contributed by atoms with Crippen molar-refractivity contribution in [3.63, 3.8) is 0 Å². The van der Waals surface area contributed by atoms with E-state index in [1.165, 1.54) is 33.4 Å². The Morgan fingerprint density at radius 3 is 2.26 bits per heavy atom. The van der Waals surface area contributed by atoms with Crippen LogP contribution in [0.25, 0.3) is 11.1 Å². The lowest BCUT2D eigenvalue weighted by molar-refractivity contribution is -0.118. The van der Waals surface area contributed by atoms with Gasteiger partial charge in [0.2, 0.25) is 5.91 Å². The standard InChI is InChI=1S/C24H23NO3S.C13H18O/c1-16-5-3-6-17(2)24(16)20-8-4-7-18(13-20)15-28-21-11-9-19(10-12-21)22-14-23(26)25-29(22)27;1-5-11(3)14-12(4)13-8-6-7-10(2)9-13/h3-13,22H,14-15H2,1-2H3,(H,25,26);5-9,12H,1-4H3/b;11-5+. The van der Waals surface area contributed by atoms with Crippen LogP contribution in [0.1, 0.15) is 71.9 Å². The SMILES string of the molecule is C/C=C(\C)OC(C)c1cccc(C)c1.Cc1cccc(C)c1-c1cccc(COc2ccc(C3CC(=O)NS3=O)cc2)c1. The number of amides is 1. The highest BCUT2D eigenvalue weighted by Gasteiger charge is 2.30. The number of ether oxygens (including phenoxy) is 2. The van der Waals surface area contributed by atoms with E-state index >= 15 is 0 Å². The van der Waals surface area contributed by atoms with Gasteiger partial charge >= 0.3 is 0 Å². The van der Waals surface area contributed by atoms with E-state index in [4.69, 9.17) is 9.47 Å². The van der Waals surface area contributed by atoms with Gasteiger partial charge < -0.3 is 9.47 Å². The Bertz CT molecular complexity index is 1590. The Balaban J connectivity index is 0.000000255. The van der Waals surface area contributed by atoms with Crippen molar-refractivity contribution in [2.45, 2.75) is 65.9 Å². The van der Waals surface area contributed by atoms with Crippen LogP contribution in [-0.2, 0) is 27.1 Å². The summed E-state index contributed by atoms with van der Waals surface area (Å²) in [5.74, 6) is 1.55. The Kier molecular flexibility index (Phi) is 11.0. The second-order valence-corrected chi connectivity index (χ2v) is 12.3. The first kappa shape index (κ1) is 31.8. The fraction of sp³-hybridized carbons (Fsp3) is 0.270. The Morgan fingerprint density at radius 1 is 0.953 bits per heavy atom. The van der Waals surface area contributed by atoms with Crippen LogP contribution in [0, 0.1) is 20.8 Å². The summed E-state index contributed by atoms with van der Waals surface area (Å²) < 4.78 is 26.0. The van der Waals surface area contributed by atoms with Gasteiger partial charge in [-0.2, -0.15) is 0 Å². The summed E-state index contributed by atoms with van der Waals surface area (Å²) >= 11 is 0. The summed E-state index contributed by atoms with van der Waals surface area (Å²) in [4.78, 5) is 11.4. The van der Waals surface area contributed by atoms with Gasteiger partial charge in [-0.15, -0.1) is 0 Å². The van der Waals surface area contributed by atoms with Gasteiger partial charge in [-0.05, 0) is 105 Å². The molecule has 1 aliphatic rings. The first-order valence-electron chi connectivity index (χ1n) is 14.6. The molecule has 3 atom stereocenters. The average molecular weight is 596 g/mol. The minimum atomic E-state index is -1.35. The Morgan fingerprint density at radius 2 is 1.63 bits per heavy atom. The lowest BCUT2D eigenvalue weighted by atomic mass is 9.95. The molecule has 0 aromatic heterocycles. The van der Waals surface area contributed by atoms with Crippen molar-refractivity contribution in [1.29, 1.82) is 0 Å². The van der Waals surface area contributed by atoms with E-state index < -0.39 is 11.0 Å². The normalized spacial score (nSPS) is 17.0. The number of hydrogen-bond donors (Lipinski definition) is 1. The molecular weight excluding hydrogens is 554 g/mol. The molecule has 0 spiro atoms. The fourth-order valence-corrected chi connectivity index (χ4v) is 6.24. The molecule has 0 bridgehead atoms. The molecule has 0 saturated carbocycles. The largest absolute Gasteiger partial charge is 0.491 e. The van der Waals surface area contributed by atoms with Crippen LogP contribution in [0.5, 0.6) is 5.75 Å². The van der Waals surface area contributed by atoms with Gasteiger partial charge in [0, 0.05) is 6.42 Å². The third kappa shape index (κ3) is 8.68. The Hall–Kier alpha value is -4.16. The van der Waals surface area contributed by atoms with Crippen LogP contribution in [-0.4, -0.2) is 10.1 Å². The van der Waals surface area contributed by atoms with E-state index in [-0.39, 0.29) is 23.7 Å². The first-order chi connectivity index (χ1) is 20.6. The summed E-state index contributed by atoms with van der Waals surface area (Å²) in [6, 6.07) is 30.7. The van der Waals surface area contributed by atoms with Gasteiger partial charge in [0.1, 0.15) is 29.4 Å². The zero-order valence-corrected chi connectivity index (χ0v) is 26.7. The molecule has 0 aliphatic carbocycles. The maximum atomic E-state index is 11.9. The topological polar surface area (TPSA) is 64.6 Å². The zero-order valence-electron chi connectivity index (χ0n) is 25.8. The van der Waals surface area contributed by atoms with Gasteiger partial charge in [-0.1, -0.05) is 78.4 Å². The second kappa shape index (κ2) is 14.8.